The molecule has 2 aromatic rings. The number of nitrogens with zero attached hydrogens (tertiary/aromatic N) is 4. The molecule has 0 atom stereocenters. The maximum Gasteiger partial charge on any atom is 0.278 e. The highest BCUT2D eigenvalue weighted by Crippen LogP contribution is 2.15. The second-order valence-electron chi connectivity index (χ2n) is 3.18. The fourth-order valence-electron chi connectivity index (χ4n) is 1.20. The lowest BCUT2D eigenvalue weighted by Gasteiger charge is -1.96. The number of benzene rings is 1. The van der Waals surface area contributed by atoms with Crippen molar-refractivity contribution >= 4 is 23.5 Å². The van der Waals surface area contributed by atoms with E-state index in [9.17, 15) is 10.1 Å². The minimum Gasteiger partial charge on any atom is -0.378 e. The van der Waals surface area contributed by atoms with Crippen molar-refractivity contribution < 1.29 is 9.55 Å². The summed E-state index contributed by atoms with van der Waals surface area (Å²) in [5.41, 5.74) is 8.15. The van der Waals surface area contributed by atoms with E-state index in [0.29, 0.717) is 5.56 Å². The molecule has 9 heteroatoms. The minimum atomic E-state index is -0.493. The molecule has 0 radical (unpaired) electrons. The van der Waals surface area contributed by atoms with E-state index in [1.165, 1.54) is 12.3 Å². The van der Waals surface area contributed by atoms with E-state index in [0.717, 1.165) is 0 Å². The Balaban J connectivity index is 2.14. The average molecular weight is 248 g/mol. The quantitative estimate of drug-likeness (QED) is 0.468. The highest BCUT2D eigenvalue weighted by Gasteiger charge is 2.10. The molecule has 92 valence electrons. The van der Waals surface area contributed by atoms with E-state index in [1.54, 1.807) is 18.2 Å². The van der Waals surface area contributed by atoms with Crippen LogP contribution in [0.2, 0.25) is 0 Å². The Morgan fingerprint density at radius 3 is 2.89 bits per heavy atom. The Kier molecular flexibility index (Phi) is 3.14. The number of anilines is 2. The highest BCUT2D eigenvalue weighted by atomic mass is 16.6. The number of rotatable bonds is 4. The van der Waals surface area contributed by atoms with Gasteiger partial charge in [0.2, 0.25) is 11.6 Å². The molecular weight excluding hydrogens is 240 g/mol. The van der Waals surface area contributed by atoms with Crippen molar-refractivity contribution in [3.63, 3.8) is 0 Å². The molecule has 0 fully saturated rings. The summed E-state index contributed by atoms with van der Waals surface area (Å²) in [5.74, 6) is 0.194. The summed E-state index contributed by atoms with van der Waals surface area (Å²) in [5, 5.41) is 21.3. The minimum absolute atomic E-state index is 0.0469. The topological polar surface area (TPSA) is 132 Å². The third kappa shape index (κ3) is 2.40. The van der Waals surface area contributed by atoms with Crippen LogP contribution in [0.15, 0.2) is 34.0 Å². The zero-order chi connectivity index (χ0) is 13.0. The van der Waals surface area contributed by atoms with Crippen molar-refractivity contribution in [1.29, 1.82) is 0 Å². The number of nitro groups is 1. The third-order valence-electron chi connectivity index (χ3n) is 2.02. The fraction of sp³-hybridized carbons (Fsp3) is 0. The molecule has 0 aliphatic carbocycles. The van der Waals surface area contributed by atoms with Crippen LogP contribution in [-0.2, 0) is 0 Å². The fourth-order valence-corrected chi connectivity index (χ4v) is 1.20. The molecule has 18 heavy (non-hydrogen) atoms. The first-order chi connectivity index (χ1) is 8.68. The van der Waals surface area contributed by atoms with Crippen LogP contribution >= 0.6 is 0 Å². The van der Waals surface area contributed by atoms with Crippen LogP contribution < -0.4 is 11.2 Å². The first-order valence-corrected chi connectivity index (χ1v) is 4.79. The van der Waals surface area contributed by atoms with Gasteiger partial charge in [0.05, 0.1) is 16.7 Å². The lowest BCUT2D eigenvalue weighted by atomic mass is 10.2. The summed E-state index contributed by atoms with van der Waals surface area (Å²) in [6, 6.07) is 6.18. The number of hydrogen-bond acceptors (Lipinski definition) is 8. The predicted molar refractivity (Wildman–Crippen MR) is 63.0 cm³/mol. The van der Waals surface area contributed by atoms with Crippen LogP contribution in [0.1, 0.15) is 5.56 Å². The third-order valence-corrected chi connectivity index (χ3v) is 2.02. The van der Waals surface area contributed by atoms with Gasteiger partial charge in [0.15, 0.2) is 0 Å². The molecule has 1 aromatic carbocycles. The summed E-state index contributed by atoms with van der Waals surface area (Å²) in [4.78, 5) is 10.2. The predicted octanol–water partition coefficient (Wildman–Crippen LogP) is 1.01. The van der Waals surface area contributed by atoms with E-state index in [1.807, 2.05) is 0 Å². The summed E-state index contributed by atoms with van der Waals surface area (Å²) in [6.45, 7) is 0. The van der Waals surface area contributed by atoms with Crippen molar-refractivity contribution in [3.8, 4) is 0 Å². The van der Waals surface area contributed by atoms with Gasteiger partial charge in [-0.05, 0) is 16.4 Å². The lowest BCUT2D eigenvalue weighted by Crippen LogP contribution is -1.97. The molecular formula is C9H8N6O3. The lowest BCUT2D eigenvalue weighted by molar-refractivity contribution is -0.385. The second kappa shape index (κ2) is 4.91. The standard InChI is InChI=1S/C9H8N6O3/c10-8-9(14-18-13-8)12-11-5-6-3-1-2-4-7(6)15(16)17/h1-5H,(H2,10,13)(H,12,14)/b11-5+. The molecule has 0 spiro atoms. The van der Waals surface area contributed by atoms with Crippen LogP contribution in [-0.4, -0.2) is 21.5 Å². The first kappa shape index (κ1) is 11.5. The summed E-state index contributed by atoms with van der Waals surface area (Å²) in [7, 11) is 0. The van der Waals surface area contributed by atoms with Crippen molar-refractivity contribution in [3.05, 3.63) is 39.9 Å². The molecule has 1 heterocycles. The Labute approximate surface area is 100 Å². The van der Waals surface area contributed by atoms with E-state index >= 15 is 0 Å². The Bertz CT molecular complexity index is 593. The van der Waals surface area contributed by atoms with E-state index in [-0.39, 0.29) is 17.3 Å². The smallest absolute Gasteiger partial charge is 0.278 e. The Morgan fingerprint density at radius 1 is 1.44 bits per heavy atom. The maximum atomic E-state index is 10.7. The number of aromatic nitrogens is 2. The molecule has 0 aliphatic rings. The maximum absolute atomic E-state index is 10.7. The van der Waals surface area contributed by atoms with E-state index in [4.69, 9.17) is 5.73 Å². The number of nitro benzene ring substituents is 1. The van der Waals surface area contributed by atoms with Gasteiger partial charge in [-0.1, -0.05) is 12.1 Å². The Morgan fingerprint density at radius 2 is 2.22 bits per heavy atom. The van der Waals surface area contributed by atoms with Crippen LogP contribution in [0.3, 0.4) is 0 Å². The number of hydrogen-bond donors (Lipinski definition) is 2. The Hall–Kier alpha value is -2.97. The molecule has 0 unspecified atom stereocenters. The van der Waals surface area contributed by atoms with Crippen LogP contribution in [0.5, 0.6) is 0 Å². The number of para-hydroxylation sites is 1. The molecule has 0 bridgehead atoms. The molecule has 9 nitrogen and oxygen atoms in total. The van der Waals surface area contributed by atoms with Crippen LogP contribution in [0, 0.1) is 10.1 Å². The monoisotopic (exact) mass is 248 g/mol. The zero-order valence-corrected chi connectivity index (χ0v) is 8.98. The molecule has 0 saturated carbocycles. The van der Waals surface area contributed by atoms with Gasteiger partial charge in [0.1, 0.15) is 0 Å². The number of nitrogens with one attached hydrogen (secondary N) is 1. The SMILES string of the molecule is Nc1nonc1N/N=C/c1ccccc1[N+](=O)[O-]. The molecule has 3 N–H and O–H groups in total. The first-order valence-electron chi connectivity index (χ1n) is 4.79. The molecule has 0 aliphatic heterocycles. The number of nitrogen functional groups attached to an aromatic ring is 1. The van der Waals surface area contributed by atoms with Gasteiger partial charge in [-0.2, -0.15) is 5.10 Å². The van der Waals surface area contributed by atoms with Gasteiger partial charge < -0.3 is 5.73 Å². The summed E-state index contributed by atoms with van der Waals surface area (Å²) < 4.78 is 4.34. The van der Waals surface area contributed by atoms with Crippen molar-refractivity contribution in [2.75, 3.05) is 11.2 Å². The van der Waals surface area contributed by atoms with Crippen LogP contribution in [0.25, 0.3) is 0 Å². The van der Waals surface area contributed by atoms with Gasteiger partial charge in [0, 0.05) is 6.07 Å². The molecule has 0 saturated heterocycles. The van der Waals surface area contributed by atoms with Gasteiger partial charge in [0.25, 0.3) is 5.69 Å². The van der Waals surface area contributed by atoms with Crippen LogP contribution in [0.4, 0.5) is 17.3 Å². The number of nitrogens with two attached hydrogens (primary N) is 1. The highest BCUT2D eigenvalue weighted by molar-refractivity contribution is 5.85. The second-order valence-corrected chi connectivity index (χ2v) is 3.18. The largest absolute Gasteiger partial charge is 0.378 e. The van der Waals surface area contributed by atoms with Gasteiger partial charge >= 0.3 is 0 Å². The molecule has 1 aromatic heterocycles. The molecule has 0 amide bonds. The van der Waals surface area contributed by atoms with E-state index < -0.39 is 4.92 Å². The summed E-state index contributed by atoms with van der Waals surface area (Å²) in [6.07, 6.45) is 1.28. The van der Waals surface area contributed by atoms with E-state index in [2.05, 4.69) is 25.5 Å². The van der Waals surface area contributed by atoms with Gasteiger partial charge in [-0.15, -0.1) is 0 Å². The zero-order valence-electron chi connectivity index (χ0n) is 8.98. The molecule has 2 rings (SSSR count). The van der Waals surface area contributed by atoms with Gasteiger partial charge in [-0.25, -0.2) is 4.63 Å². The van der Waals surface area contributed by atoms with Gasteiger partial charge in [-0.3, -0.25) is 15.5 Å². The van der Waals surface area contributed by atoms with Crippen molar-refractivity contribution in [1.82, 2.24) is 10.3 Å². The van der Waals surface area contributed by atoms with Crippen molar-refractivity contribution in [2.45, 2.75) is 0 Å². The number of hydrazone groups is 1. The van der Waals surface area contributed by atoms with Crippen molar-refractivity contribution in [2.24, 2.45) is 5.10 Å². The average Bonchev–Trinajstić information content (AvgIpc) is 2.76. The normalized spacial score (nSPS) is 10.7. The summed E-state index contributed by atoms with van der Waals surface area (Å²) >= 11 is 0.